The number of hydrogen-bond donors (Lipinski definition) is 2. The summed E-state index contributed by atoms with van der Waals surface area (Å²) >= 11 is 0. The van der Waals surface area contributed by atoms with Crippen molar-refractivity contribution in [2.24, 2.45) is 0 Å². The standard InChI is InChI=1S/C27H27N5O4S/c1-36-24-7-3-5-21(17-24)26-29-25(30-31-26)20-8-10-23(11-9-20)28-27(33)22-6-2-4-19(16-22)18-32-12-14-37(34,35)15-13-32/h2-11,16-17H,12-15,18H2,1H3,(H,28,33)(H,29,30,31). The molecule has 9 nitrogen and oxygen atoms in total. The topological polar surface area (TPSA) is 117 Å². The second-order valence-electron chi connectivity index (χ2n) is 8.90. The molecule has 37 heavy (non-hydrogen) atoms. The number of rotatable bonds is 7. The van der Waals surface area contributed by atoms with Crippen molar-refractivity contribution in [1.29, 1.82) is 0 Å². The number of sulfone groups is 1. The molecular formula is C27H27N5O4S. The van der Waals surface area contributed by atoms with Crippen LogP contribution >= 0.6 is 0 Å². The Morgan fingerprint density at radius 3 is 2.51 bits per heavy atom. The Balaban J connectivity index is 1.22. The Morgan fingerprint density at radius 2 is 1.76 bits per heavy atom. The maximum atomic E-state index is 12.9. The van der Waals surface area contributed by atoms with Gasteiger partial charge in [0.15, 0.2) is 21.5 Å². The van der Waals surface area contributed by atoms with Gasteiger partial charge in [-0.3, -0.25) is 14.8 Å². The summed E-state index contributed by atoms with van der Waals surface area (Å²) in [6.45, 7) is 1.63. The first kappa shape index (κ1) is 24.7. The van der Waals surface area contributed by atoms with Crippen molar-refractivity contribution >= 4 is 21.4 Å². The van der Waals surface area contributed by atoms with Crippen molar-refractivity contribution in [3.05, 3.63) is 83.9 Å². The van der Waals surface area contributed by atoms with E-state index in [9.17, 15) is 13.2 Å². The number of anilines is 1. The zero-order valence-corrected chi connectivity index (χ0v) is 21.2. The van der Waals surface area contributed by atoms with Crippen LogP contribution in [0.1, 0.15) is 15.9 Å². The number of amides is 1. The quantitative estimate of drug-likeness (QED) is 0.384. The number of aromatic nitrogens is 3. The summed E-state index contributed by atoms with van der Waals surface area (Å²) in [6.07, 6.45) is 0. The summed E-state index contributed by atoms with van der Waals surface area (Å²) < 4.78 is 28.6. The molecule has 0 spiro atoms. The van der Waals surface area contributed by atoms with Gasteiger partial charge in [0.25, 0.3) is 5.91 Å². The van der Waals surface area contributed by atoms with E-state index < -0.39 is 9.84 Å². The van der Waals surface area contributed by atoms with E-state index in [-0.39, 0.29) is 17.4 Å². The maximum absolute atomic E-state index is 12.9. The Hall–Kier alpha value is -4.02. The maximum Gasteiger partial charge on any atom is 0.255 e. The van der Waals surface area contributed by atoms with E-state index in [1.165, 1.54) is 0 Å². The van der Waals surface area contributed by atoms with Crippen LogP contribution in [0.15, 0.2) is 72.8 Å². The number of hydrogen-bond acceptors (Lipinski definition) is 7. The molecule has 2 N–H and O–H groups in total. The fourth-order valence-electron chi connectivity index (χ4n) is 4.17. The van der Waals surface area contributed by atoms with Gasteiger partial charge in [0.1, 0.15) is 5.75 Å². The molecule has 1 aliphatic rings. The molecule has 0 aliphatic carbocycles. The van der Waals surface area contributed by atoms with Crippen LogP contribution < -0.4 is 10.1 Å². The molecule has 5 rings (SSSR count). The first-order valence-corrected chi connectivity index (χ1v) is 13.7. The molecule has 1 fully saturated rings. The third-order valence-corrected chi connectivity index (χ3v) is 7.87. The van der Waals surface area contributed by atoms with Crippen LogP contribution in [0.5, 0.6) is 5.75 Å². The Labute approximate surface area is 215 Å². The van der Waals surface area contributed by atoms with Crippen LogP contribution in [0, 0.1) is 0 Å². The highest BCUT2D eigenvalue weighted by Crippen LogP contribution is 2.24. The molecule has 0 atom stereocenters. The predicted molar refractivity (Wildman–Crippen MR) is 142 cm³/mol. The normalized spacial score (nSPS) is 15.3. The Morgan fingerprint density at radius 1 is 1.00 bits per heavy atom. The van der Waals surface area contributed by atoms with E-state index in [0.717, 1.165) is 22.4 Å². The molecule has 1 aromatic heterocycles. The highest BCUT2D eigenvalue weighted by atomic mass is 32.2. The summed E-state index contributed by atoms with van der Waals surface area (Å²) in [4.78, 5) is 19.5. The van der Waals surface area contributed by atoms with Crippen LogP contribution in [0.3, 0.4) is 0 Å². The van der Waals surface area contributed by atoms with E-state index in [0.29, 0.717) is 42.5 Å². The van der Waals surface area contributed by atoms with Gasteiger partial charge in [-0.05, 0) is 54.1 Å². The van der Waals surface area contributed by atoms with Crippen molar-refractivity contribution in [3.8, 4) is 28.5 Å². The van der Waals surface area contributed by atoms with Crippen molar-refractivity contribution in [1.82, 2.24) is 20.1 Å². The van der Waals surface area contributed by atoms with Crippen molar-refractivity contribution in [2.75, 3.05) is 37.0 Å². The number of nitrogens with zero attached hydrogens (tertiary/aromatic N) is 3. The van der Waals surface area contributed by atoms with Crippen molar-refractivity contribution in [2.45, 2.75) is 6.54 Å². The zero-order valence-electron chi connectivity index (χ0n) is 20.3. The molecule has 10 heteroatoms. The van der Waals surface area contributed by atoms with E-state index in [1.807, 2.05) is 66.7 Å². The number of carbonyl (C=O) groups is 1. The van der Waals surface area contributed by atoms with E-state index >= 15 is 0 Å². The van der Waals surface area contributed by atoms with Crippen molar-refractivity contribution in [3.63, 3.8) is 0 Å². The molecule has 0 bridgehead atoms. The fourth-order valence-corrected chi connectivity index (χ4v) is 5.45. The average molecular weight is 518 g/mol. The molecule has 2 heterocycles. The highest BCUT2D eigenvalue weighted by molar-refractivity contribution is 7.91. The van der Waals surface area contributed by atoms with Gasteiger partial charge >= 0.3 is 0 Å². The lowest BCUT2D eigenvalue weighted by Gasteiger charge is -2.26. The number of methoxy groups -OCH3 is 1. The largest absolute Gasteiger partial charge is 0.497 e. The van der Waals surface area contributed by atoms with Gasteiger partial charge in [-0.2, -0.15) is 5.10 Å². The van der Waals surface area contributed by atoms with Gasteiger partial charge in [0.05, 0.1) is 18.6 Å². The van der Waals surface area contributed by atoms with E-state index in [2.05, 4.69) is 25.4 Å². The summed E-state index contributed by atoms with van der Waals surface area (Å²) in [5.41, 5.74) is 3.86. The highest BCUT2D eigenvalue weighted by Gasteiger charge is 2.21. The van der Waals surface area contributed by atoms with Crippen LogP contribution in [0.25, 0.3) is 22.8 Å². The lowest BCUT2D eigenvalue weighted by molar-refractivity contribution is 0.102. The minimum atomic E-state index is -2.92. The molecule has 190 valence electrons. The van der Waals surface area contributed by atoms with Gasteiger partial charge in [0.2, 0.25) is 0 Å². The third-order valence-electron chi connectivity index (χ3n) is 6.26. The van der Waals surface area contributed by atoms with Gasteiger partial charge in [-0.15, -0.1) is 0 Å². The Bertz CT molecular complexity index is 1500. The number of nitrogens with one attached hydrogen (secondary N) is 2. The lowest BCUT2D eigenvalue weighted by Crippen LogP contribution is -2.39. The lowest BCUT2D eigenvalue weighted by atomic mass is 10.1. The van der Waals surface area contributed by atoms with E-state index in [1.54, 1.807) is 13.2 Å². The molecule has 0 unspecified atom stereocenters. The van der Waals surface area contributed by atoms with Gasteiger partial charge in [-0.1, -0.05) is 24.3 Å². The molecule has 0 saturated carbocycles. The summed E-state index contributed by atoms with van der Waals surface area (Å²) in [5.74, 6) is 2.07. The van der Waals surface area contributed by atoms with Gasteiger partial charge in [0, 0.05) is 42.0 Å². The molecule has 0 radical (unpaired) electrons. The monoisotopic (exact) mass is 517 g/mol. The number of H-pyrrole nitrogens is 1. The molecule has 4 aromatic rings. The molecule has 1 saturated heterocycles. The fraction of sp³-hybridized carbons (Fsp3) is 0.222. The van der Waals surface area contributed by atoms with Gasteiger partial charge in [-0.25, -0.2) is 13.4 Å². The predicted octanol–water partition coefficient (Wildman–Crippen LogP) is 3.63. The van der Waals surface area contributed by atoms with Crippen LogP contribution in [-0.4, -0.2) is 66.1 Å². The zero-order chi connectivity index (χ0) is 25.8. The van der Waals surface area contributed by atoms with Crippen LogP contribution in [0.4, 0.5) is 5.69 Å². The van der Waals surface area contributed by atoms with Crippen LogP contribution in [-0.2, 0) is 16.4 Å². The van der Waals surface area contributed by atoms with Gasteiger partial charge < -0.3 is 10.1 Å². The Kier molecular flexibility index (Phi) is 7.02. The molecule has 1 aliphatic heterocycles. The number of aromatic amines is 1. The first-order chi connectivity index (χ1) is 17.9. The SMILES string of the molecule is COc1cccc(-c2n[nH]c(-c3ccc(NC(=O)c4cccc(CN5CCS(=O)(=O)CC5)c4)cc3)n2)c1. The summed E-state index contributed by atoms with van der Waals surface area (Å²) in [7, 11) is -1.30. The van der Waals surface area contributed by atoms with Crippen LogP contribution in [0.2, 0.25) is 0 Å². The first-order valence-electron chi connectivity index (χ1n) is 11.9. The average Bonchev–Trinajstić information content (AvgIpc) is 3.41. The smallest absolute Gasteiger partial charge is 0.255 e. The minimum Gasteiger partial charge on any atom is -0.497 e. The number of carbonyl (C=O) groups excluding carboxylic acids is 1. The van der Waals surface area contributed by atoms with E-state index in [4.69, 9.17) is 4.74 Å². The second-order valence-corrected chi connectivity index (χ2v) is 11.2. The minimum absolute atomic E-state index is 0.180. The summed E-state index contributed by atoms with van der Waals surface area (Å²) in [6, 6.07) is 22.3. The number of benzene rings is 3. The molecule has 3 aromatic carbocycles. The second kappa shape index (κ2) is 10.5. The number of ether oxygens (including phenoxy) is 1. The van der Waals surface area contributed by atoms with Crippen molar-refractivity contribution < 1.29 is 17.9 Å². The molecular weight excluding hydrogens is 490 g/mol. The third kappa shape index (κ3) is 6.04. The molecule has 1 amide bonds. The summed E-state index contributed by atoms with van der Waals surface area (Å²) in [5, 5.41) is 10.2.